The molecule has 0 aromatic heterocycles. The maximum atomic E-state index is 2.39. The van der Waals surface area contributed by atoms with Crippen LogP contribution in [0, 0.1) is 6.92 Å². The molecule has 18 heavy (non-hydrogen) atoms. The van der Waals surface area contributed by atoms with E-state index >= 15 is 0 Å². The summed E-state index contributed by atoms with van der Waals surface area (Å²) in [5, 5.41) is 0. The third-order valence-electron chi connectivity index (χ3n) is 4.61. The van der Waals surface area contributed by atoms with Crippen LogP contribution in [0.5, 0.6) is 0 Å². The molecule has 1 unspecified atom stereocenters. The van der Waals surface area contributed by atoms with Gasteiger partial charge in [0.1, 0.15) is 32.7 Å². The minimum absolute atomic E-state index is 0.838. The van der Waals surface area contributed by atoms with Gasteiger partial charge in [0.05, 0.1) is 6.04 Å². The number of benzene rings is 1. The van der Waals surface area contributed by atoms with Crippen LogP contribution in [0.25, 0.3) is 0 Å². The fourth-order valence-electron chi connectivity index (χ4n) is 2.96. The van der Waals surface area contributed by atoms with Gasteiger partial charge in [-0.05, 0) is 25.8 Å². The van der Waals surface area contributed by atoms with Gasteiger partial charge in [-0.15, -0.1) is 0 Å². The quantitative estimate of drug-likeness (QED) is 0.747. The Balaban J connectivity index is 1.86. The van der Waals surface area contributed by atoms with Gasteiger partial charge in [0.2, 0.25) is 0 Å². The molecule has 1 aromatic rings. The Kier molecular flexibility index (Phi) is 4.79. The van der Waals surface area contributed by atoms with Crippen molar-refractivity contribution in [3.63, 3.8) is 0 Å². The molecule has 0 bridgehead atoms. The van der Waals surface area contributed by atoms with Gasteiger partial charge >= 0.3 is 0 Å². The zero-order valence-corrected chi connectivity index (χ0v) is 12.1. The fraction of sp³-hybridized carbons (Fsp3) is 0.625. The summed E-state index contributed by atoms with van der Waals surface area (Å²) in [6.07, 6.45) is 1.31. The molecule has 1 aliphatic heterocycles. The molecule has 0 saturated carbocycles. The molecule has 0 radical (unpaired) electrons. The van der Waals surface area contributed by atoms with Crippen LogP contribution in [0.4, 0.5) is 0 Å². The molecule has 1 heterocycles. The zero-order chi connectivity index (χ0) is 13.0. The molecule has 1 fully saturated rings. The summed E-state index contributed by atoms with van der Waals surface area (Å²) in [5.41, 5.74) is 2.97. The second-order valence-corrected chi connectivity index (χ2v) is 5.82. The van der Waals surface area contributed by atoms with Gasteiger partial charge < -0.3 is 9.80 Å². The van der Waals surface area contributed by atoms with Crippen molar-refractivity contribution in [3.05, 3.63) is 35.4 Å². The SMILES string of the molecule is CCC(C)[NH+]1CC[NH+](Cc2ccccc2C)CC1. The molecule has 1 saturated heterocycles. The van der Waals surface area contributed by atoms with E-state index in [2.05, 4.69) is 45.0 Å². The molecule has 2 rings (SSSR count). The number of piperazine rings is 1. The van der Waals surface area contributed by atoms with Crippen LogP contribution in [0.2, 0.25) is 0 Å². The maximum Gasteiger partial charge on any atom is 0.127 e. The summed E-state index contributed by atoms with van der Waals surface area (Å²) >= 11 is 0. The lowest BCUT2D eigenvalue weighted by molar-refractivity contribution is -1.03. The van der Waals surface area contributed by atoms with Crippen LogP contribution in [-0.2, 0) is 6.54 Å². The topological polar surface area (TPSA) is 8.88 Å². The van der Waals surface area contributed by atoms with Crippen LogP contribution in [0.15, 0.2) is 24.3 Å². The number of aryl methyl sites for hydroxylation is 1. The highest BCUT2D eigenvalue weighted by molar-refractivity contribution is 5.24. The Morgan fingerprint density at radius 1 is 1.11 bits per heavy atom. The Morgan fingerprint density at radius 2 is 1.78 bits per heavy atom. The van der Waals surface area contributed by atoms with E-state index in [-0.39, 0.29) is 0 Å². The lowest BCUT2D eigenvalue weighted by atomic mass is 10.1. The molecule has 2 nitrogen and oxygen atoms in total. The van der Waals surface area contributed by atoms with Crippen LogP contribution in [0.1, 0.15) is 31.4 Å². The smallest absolute Gasteiger partial charge is 0.127 e. The van der Waals surface area contributed by atoms with Crippen molar-refractivity contribution in [2.45, 2.75) is 39.8 Å². The van der Waals surface area contributed by atoms with E-state index in [0.29, 0.717) is 0 Å². The van der Waals surface area contributed by atoms with Crippen LogP contribution < -0.4 is 9.80 Å². The molecule has 1 aromatic carbocycles. The summed E-state index contributed by atoms with van der Waals surface area (Å²) in [7, 11) is 0. The molecule has 1 aliphatic rings. The first-order valence-corrected chi connectivity index (χ1v) is 7.43. The Morgan fingerprint density at radius 3 is 2.39 bits per heavy atom. The van der Waals surface area contributed by atoms with E-state index in [0.717, 1.165) is 6.04 Å². The summed E-state index contributed by atoms with van der Waals surface area (Å²) in [6, 6.07) is 9.66. The van der Waals surface area contributed by atoms with Crippen LogP contribution >= 0.6 is 0 Å². The maximum absolute atomic E-state index is 2.39. The standard InChI is InChI=1S/C16H26N2/c1-4-15(3)18-11-9-17(10-12-18)13-16-8-6-5-7-14(16)2/h5-8,15H,4,9-13H2,1-3H3/p+2. The number of hydrogen-bond acceptors (Lipinski definition) is 0. The van der Waals surface area contributed by atoms with Gasteiger partial charge in [0.25, 0.3) is 0 Å². The third kappa shape index (κ3) is 3.33. The van der Waals surface area contributed by atoms with Crippen molar-refractivity contribution in [1.82, 2.24) is 0 Å². The monoisotopic (exact) mass is 248 g/mol. The second kappa shape index (κ2) is 6.35. The lowest BCUT2D eigenvalue weighted by Gasteiger charge is -2.33. The van der Waals surface area contributed by atoms with Gasteiger partial charge in [0.15, 0.2) is 0 Å². The Hall–Kier alpha value is -0.860. The number of quaternary nitrogens is 2. The third-order valence-corrected chi connectivity index (χ3v) is 4.61. The highest BCUT2D eigenvalue weighted by Gasteiger charge is 2.26. The molecule has 2 heteroatoms. The summed E-state index contributed by atoms with van der Waals surface area (Å²) in [6.45, 7) is 13.5. The van der Waals surface area contributed by atoms with Crippen LogP contribution in [0.3, 0.4) is 0 Å². The van der Waals surface area contributed by atoms with E-state index in [1.165, 1.54) is 50.3 Å². The van der Waals surface area contributed by atoms with E-state index in [9.17, 15) is 0 Å². The van der Waals surface area contributed by atoms with Crippen molar-refractivity contribution < 1.29 is 9.80 Å². The number of rotatable bonds is 4. The van der Waals surface area contributed by atoms with Crippen molar-refractivity contribution in [3.8, 4) is 0 Å². The first kappa shape index (κ1) is 13.6. The van der Waals surface area contributed by atoms with Gasteiger partial charge in [-0.1, -0.05) is 31.2 Å². The molecule has 2 N–H and O–H groups in total. The fourth-order valence-corrected chi connectivity index (χ4v) is 2.96. The summed E-state index contributed by atoms with van der Waals surface area (Å²) in [4.78, 5) is 3.57. The molecule has 100 valence electrons. The van der Waals surface area contributed by atoms with Gasteiger partial charge in [-0.2, -0.15) is 0 Å². The van der Waals surface area contributed by atoms with Crippen molar-refractivity contribution in [1.29, 1.82) is 0 Å². The molecular formula is C16H28N2+2. The minimum atomic E-state index is 0.838. The van der Waals surface area contributed by atoms with Crippen molar-refractivity contribution >= 4 is 0 Å². The largest absolute Gasteiger partial charge is 0.323 e. The highest BCUT2D eigenvalue weighted by atomic mass is 15.3. The van der Waals surface area contributed by atoms with Crippen molar-refractivity contribution in [2.75, 3.05) is 26.2 Å². The van der Waals surface area contributed by atoms with E-state index in [1.807, 2.05) is 4.90 Å². The average Bonchev–Trinajstić information content (AvgIpc) is 2.41. The molecule has 1 atom stereocenters. The van der Waals surface area contributed by atoms with Gasteiger partial charge in [0, 0.05) is 5.56 Å². The second-order valence-electron chi connectivity index (χ2n) is 5.82. The van der Waals surface area contributed by atoms with E-state index in [1.54, 1.807) is 4.90 Å². The van der Waals surface area contributed by atoms with Gasteiger partial charge in [-0.25, -0.2) is 0 Å². The first-order valence-electron chi connectivity index (χ1n) is 7.43. The van der Waals surface area contributed by atoms with Crippen molar-refractivity contribution in [2.24, 2.45) is 0 Å². The minimum Gasteiger partial charge on any atom is -0.323 e. The average molecular weight is 248 g/mol. The predicted molar refractivity (Wildman–Crippen MR) is 76.0 cm³/mol. The number of hydrogen-bond donors (Lipinski definition) is 2. The molecule has 0 amide bonds. The normalized spacial score (nSPS) is 25.9. The van der Waals surface area contributed by atoms with Gasteiger partial charge in [-0.3, -0.25) is 0 Å². The number of nitrogens with one attached hydrogen (secondary N) is 2. The zero-order valence-electron chi connectivity index (χ0n) is 12.1. The summed E-state index contributed by atoms with van der Waals surface area (Å²) in [5.74, 6) is 0. The van der Waals surface area contributed by atoms with E-state index in [4.69, 9.17) is 0 Å². The highest BCUT2D eigenvalue weighted by Crippen LogP contribution is 2.04. The Labute approximate surface area is 112 Å². The molecule has 0 spiro atoms. The Bertz CT molecular complexity index is 367. The van der Waals surface area contributed by atoms with Crippen LogP contribution in [-0.4, -0.2) is 32.2 Å². The molecular weight excluding hydrogens is 220 g/mol. The lowest BCUT2D eigenvalue weighted by Crippen LogP contribution is -3.29. The summed E-state index contributed by atoms with van der Waals surface area (Å²) < 4.78 is 0. The molecule has 0 aliphatic carbocycles. The predicted octanol–water partition coefficient (Wildman–Crippen LogP) is 0.0769. The first-order chi connectivity index (χ1) is 8.70. The van der Waals surface area contributed by atoms with E-state index < -0.39 is 0 Å².